The van der Waals surface area contributed by atoms with Crippen molar-refractivity contribution in [3.63, 3.8) is 0 Å². The van der Waals surface area contributed by atoms with Gasteiger partial charge >= 0.3 is 5.97 Å². The summed E-state index contributed by atoms with van der Waals surface area (Å²) in [6.07, 6.45) is 18.4. The molecule has 0 bridgehead atoms. The summed E-state index contributed by atoms with van der Waals surface area (Å²) in [5.41, 5.74) is 2.98. The quantitative estimate of drug-likeness (QED) is 0.106. The molecule has 7 heteroatoms. The van der Waals surface area contributed by atoms with Crippen LogP contribution in [0.2, 0.25) is 5.02 Å². The second kappa shape index (κ2) is 17.6. The normalized spacial score (nSPS) is 11.9. The van der Waals surface area contributed by atoms with E-state index in [1.54, 1.807) is 16.8 Å². The van der Waals surface area contributed by atoms with Gasteiger partial charge in [-0.05, 0) is 30.4 Å². The van der Waals surface area contributed by atoms with Gasteiger partial charge in [0.2, 0.25) is 0 Å². The number of esters is 1. The maximum absolute atomic E-state index is 12.5. The molecule has 0 aliphatic heterocycles. The van der Waals surface area contributed by atoms with Crippen LogP contribution in [-0.2, 0) is 4.74 Å². The van der Waals surface area contributed by atoms with Gasteiger partial charge in [0.05, 0.1) is 17.9 Å². The fraction of sp³-hybridized carbons (Fsp3) is 0.676. The molecule has 0 spiro atoms. The number of benzene rings is 1. The lowest BCUT2D eigenvalue weighted by molar-refractivity contribution is 0.0497. The first kappa shape index (κ1) is 33.2. The van der Waals surface area contributed by atoms with Gasteiger partial charge in [0.15, 0.2) is 11.5 Å². The number of nitrogens with zero attached hydrogens (tertiary/aromatic N) is 3. The highest BCUT2D eigenvalue weighted by Gasteiger charge is 2.27. The first-order valence-corrected chi connectivity index (χ1v) is 16.6. The van der Waals surface area contributed by atoms with Gasteiger partial charge in [-0.25, -0.2) is 9.78 Å². The molecule has 2 aromatic heterocycles. The zero-order valence-electron chi connectivity index (χ0n) is 26.2. The molecule has 0 unspecified atom stereocenters. The van der Waals surface area contributed by atoms with Crippen molar-refractivity contribution in [2.24, 2.45) is 11.8 Å². The third-order valence-corrected chi connectivity index (χ3v) is 8.52. The fourth-order valence-electron chi connectivity index (χ4n) is 5.90. The summed E-state index contributed by atoms with van der Waals surface area (Å²) >= 11 is 6.73. The lowest BCUT2D eigenvalue weighted by atomic mass is 9.83. The van der Waals surface area contributed by atoms with Crippen LogP contribution >= 0.6 is 11.6 Å². The number of hydrogen-bond donors (Lipinski definition) is 1. The second-order valence-electron chi connectivity index (χ2n) is 12.3. The Labute approximate surface area is 253 Å². The summed E-state index contributed by atoms with van der Waals surface area (Å²) in [5, 5.41) is 8.58. The Hall–Kier alpha value is -2.34. The van der Waals surface area contributed by atoms with Gasteiger partial charge < -0.3 is 4.74 Å². The molecule has 2 heterocycles. The van der Waals surface area contributed by atoms with E-state index in [0.29, 0.717) is 46.4 Å². The number of aromatic nitrogens is 4. The van der Waals surface area contributed by atoms with E-state index in [9.17, 15) is 4.79 Å². The van der Waals surface area contributed by atoms with Gasteiger partial charge in [0.25, 0.3) is 0 Å². The van der Waals surface area contributed by atoms with Crippen molar-refractivity contribution >= 4 is 23.2 Å². The number of carbonyl (C=O) groups excluding carboxylic acids is 1. The van der Waals surface area contributed by atoms with Crippen LogP contribution < -0.4 is 0 Å². The van der Waals surface area contributed by atoms with Gasteiger partial charge in [-0.1, -0.05) is 142 Å². The highest BCUT2D eigenvalue weighted by Crippen LogP contribution is 2.37. The van der Waals surface area contributed by atoms with E-state index in [1.165, 1.54) is 77.0 Å². The second-order valence-corrected chi connectivity index (χ2v) is 12.7. The molecule has 0 saturated carbocycles. The van der Waals surface area contributed by atoms with Crippen LogP contribution in [0.4, 0.5) is 0 Å². The Balaban J connectivity index is 1.34. The molecule has 228 valence electrons. The number of aromatic amines is 1. The molecule has 1 aromatic carbocycles. The molecular formula is C34H53ClN4O2. The predicted molar refractivity (Wildman–Crippen MR) is 171 cm³/mol. The summed E-state index contributed by atoms with van der Waals surface area (Å²) in [6.45, 7) is 11.6. The van der Waals surface area contributed by atoms with Gasteiger partial charge in [0.1, 0.15) is 5.02 Å². The molecule has 0 amide bonds. The molecule has 0 aliphatic carbocycles. The molecule has 3 aromatic rings. The van der Waals surface area contributed by atoms with Gasteiger partial charge in [-0.15, -0.1) is 5.10 Å². The van der Waals surface area contributed by atoms with E-state index in [4.69, 9.17) is 16.3 Å². The van der Waals surface area contributed by atoms with E-state index in [1.807, 2.05) is 12.1 Å². The van der Waals surface area contributed by atoms with Crippen molar-refractivity contribution in [3.05, 3.63) is 40.5 Å². The SMILES string of the molecule is CCCCCCCCCCCCCCCCOC(=O)c1ccc(-c2nc3c(Cl)c(C(C(C)C)C(C)C)[nH]n3n2)cc1. The number of fused-ring (bicyclic) bond motifs is 1. The lowest BCUT2D eigenvalue weighted by Gasteiger charge is -2.23. The molecule has 41 heavy (non-hydrogen) atoms. The Morgan fingerprint density at radius 2 is 1.34 bits per heavy atom. The third kappa shape index (κ3) is 10.2. The minimum Gasteiger partial charge on any atom is -0.462 e. The van der Waals surface area contributed by atoms with Crippen LogP contribution in [0.3, 0.4) is 0 Å². The maximum atomic E-state index is 12.5. The minimum absolute atomic E-state index is 0.280. The monoisotopic (exact) mass is 584 g/mol. The smallest absolute Gasteiger partial charge is 0.338 e. The number of halogens is 1. The first-order valence-electron chi connectivity index (χ1n) is 16.2. The van der Waals surface area contributed by atoms with Gasteiger partial charge in [-0.3, -0.25) is 5.10 Å². The topological polar surface area (TPSA) is 72.3 Å². The number of carbonyl (C=O) groups is 1. The zero-order valence-corrected chi connectivity index (χ0v) is 26.9. The fourth-order valence-corrected chi connectivity index (χ4v) is 6.19. The minimum atomic E-state index is -0.280. The van der Waals surface area contributed by atoms with Crippen molar-refractivity contribution in [3.8, 4) is 11.4 Å². The average Bonchev–Trinajstić information content (AvgIpc) is 3.49. The summed E-state index contributed by atoms with van der Waals surface area (Å²) in [4.78, 5) is 17.2. The summed E-state index contributed by atoms with van der Waals surface area (Å²) < 4.78 is 7.17. The van der Waals surface area contributed by atoms with Crippen LogP contribution in [0.5, 0.6) is 0 Å². The number of H-pyrrole nitrogens is 1. The Kier molecular flexibility index (Phi) is 14.2. The molecule has 0 fully saturated rings. The number of unbranched alkanes of at least 4 members (excludes halogenated alkanes) is 13. The largest absolute Gasteiger partial charge is 0.462 e. The molecule has 3 rings (SSSR count). The van der Waals surface area contributed by atoms with Crippen molar-refractivity contribution in [1.82, 2.24) is 19.8 Å². The maximum Gasteiger partial charge on any atom is 0.338 e. The molecular weight excluding hydrogens is 532 g/mol. The van der Waals surface area contributed by atoms with Gasteiger partial charge in [-0.2, -0.15) is 4.63 Å². The Morgan fingerprint density at radius 3 is 1.83 bits per heavy atom. The zero-order chi connectivity index (χ0) is 29.6. The van der Waals surface area contributed by atoms with Crippen LogP contribution in [0.15, 0.2) is 24.3 Å². The Bertz CT molecular complexity index is 1160. The molecule has 1 N–H and O–H groups in total. The van der Waals surface area contributed by atoms with E-state index in [2.05, 4.69) is 49.8 Å². The van der Waals surface area contributed by atoms with Crippen LogP contribution in [0.25, 0.3) is 17.0 Å². The Morgan fingerprint density at radius 1 is 0.829 bits per heavy atom. The van der Waals surface area contributed by atoms with E-state index >= 15 is 0 Å². The number of nitrogens with one attached hydrogen (secondary N) is 1. The van der Waals surface area contributed by atoms with E-state index < -0.39 is 0 Å². The van der Waals surface area contributed by atoms with Crippen molar-refractivity contribution in [2.45, 2.75) is 130 Å². The van der Waals surface area contributed by atoms with Gasteiger partial charge in [0, 0.05) is 11.5 Å². The predicted octanol–water partition coefficient (Wildman–Crippen LogP) is 10.4. The molecule has 0 saturated heterocycles. The molecule has 0 radical (unpaired) electrons. The highest BCUT2D eigenvalue weighted by molar-refractivity contribution is 6.34. The van der Waals surface area contributed by atoms with E-state index in [-0.39, 0.29) is 5.97 Å². The summed E-state index contributed by atoms with van der Waals surface area (Å²) in [5.74, 6) is 1.47. The number of rotatable bonds is 20. The van der Waals surface area contributed by atoms with Crippen LogP contribution in [0, 0.1) is 11.8 Å². The third-order valence-electron chi connectivity index (χ3n) is 8.15. The average molecular weight is 585 g/mol. The van der Waals surface area contributed by atoms with E-state index in [0.717, 1.165) is 24.1 Å². The van der Waals surface area contributed by atoms with Crippen molar-refractivity contribution in [2.75, 3.05) is 6.61 Å². The molecule has 0 atom stereocenters. The highest BCUT2D eigenvalue weighted by atomic mass is 35.5. The van der Waals surface area contributed by atoms with Crippen LogP contribution in [0.1, 0.15) is 146 Å². The molecule has 6 nitrogen and oxygen atoms in total. The van der Waals surface area contributed by atoms with Crippen molar-refractivity contribution in [1.29, 1.82) is 0 Å². The number of ether oxygens (including phenoxy) is 1. The lowest BCUT2D eigenvalue weighted by Crippen LogP contribution is -2.14. The molecule has 0 aliphatic rings. The standard InChI is InChI=1S/C34H53ClN4O2/c1-6-7-8-9-10-11-12-13-14-15-16-17-18-19-24-41-34(40)28-22-20-27(21-23-28)32-36-33-30(35)31(37-39(33)38-32)29(25(2)3)26(4)5/h20-23,25-26,29,37H,6-19,24H2,1-5H3. The number of hydrogen-bond acceptors (Lipinski definition) is 4. The summed E-state index contributed by atoms with van der Waals surface area (Å²) in [6, 6.07) is 7.27. The first-order chi connectivity index (χ1) is 19.8. The summed E-state index contributed by atoms with van der Waals surface area (Å²) in [7, 11) is 0. The van der Waals surface area contributed by atoms with Crippen molar-refractivity contribution < 1.29 is 9.53 Å². The van der Waals surface area contributed by atoms with Crippen LogP contribution in [-0.4, -0.2) is 32.4 Å².